The van der Waals surface area contributed by atoms with Gasteiger partial charge in [0.1, 0.15) is 18.0 Å². The zero-order chi connectivity index (χ0) is 20.4. The van der Waals surface area contributed by atoms with E-state index in [9.17, 15) is 19.8 Å². The molecule has 0 aromatic carbocycles. The van der Waals surface area contributed by atoms with Crippen LogP contribution in [0.2, 0.25) is 0 Å². The Hall–Kier alpha value is -0.940. The van der Waals surface area contributed by atoms with Gasteiger partial charge in [-0.1, -0.05) is 20.8 Å². The number of esters is 1. The van der Waals surface area contributed by atoms with Crippen LogP contribution >= 0.6 is 0 Å². The molecule has 0 saturated heterocycles. The number of hydrogen-bond donors (Lipinski definition) is 2. The molecule has 0 aromatic rings. The molecule has 4 aliphatic carbocycles. The van der Waals surface area contributed by atoms with Crippen molar-refractivity contribution in [3.63, 3.8) is 0 Å². The molecule has 0 unspecified atom stereocenters. The molecule has 0 aliphatic heterocycles. The summed E-state index contributed by atoms with van der Waals surface area (Å²) in [5.74, 6) is 1.58. The number of fused-ring (bicyclic) bond motifs is 5. The predicted molar refractivity (Wildman–Crippen MR) is 104 cm³/mol. The summed E-state index contributed by atoms with van der Waals surface area (Å²) in [6.07, 6.45) is 3.75. The van der Waals surface area contributed by atoms with E-state index >= 15 is 0 Å². The maximum Gasteiger partial charge on any atom is 0.302 e. The zero-order valence-electron chi connectivity index (χ0n) is 17.7. The molecule has 0 spiro atoms. The molecule has 0 amide bonds. The molecule has 2 N–H and O–H groups in total. The molecule has 4 saturated carbocycles. The van der Waals surface area contributed by atoms with Crippen LogP contribution in [0, 0.1) is 40.4 Å². The molecule has 0 bridgehead atoms. The number of aliphatic hydroxyl groups excluding tert-OH is 2. The number of rotatable bonds is 2. The standard InChI is InChI=1S/C23H36O5/c1-5-14-18(25)10-17-13-6-7-16-20(26)21(27)19(28-12(2)24)11-23(16,4)15(13)8-9-22(14,17)3/h13-17,19-21,26-27H,5-11H2,1-4H3/t13-,14+,15+,16+,17+,19+,20-,21+,22-,23-/m1/s1. The highest BCUT2D eigenvalue weighted by molar-refractivity contribution is 5.84. The third-order valence-electron chi connectivity index (χ3n) is 9.50. The highest BCUT2D eigenvalue weighted by Gasteiger charge is 2.64. The van der Waals surface area contributed by atoms with Gasteiger partial charge in [0.15, 0.2) is 0 Å². The summed E-state index contributed by atoms with van der Waals surface area (Å²) in [5.41, 5.74) is -0.0609. The molecule has 4 fully saturated rings. The van der Waals surface area contributed by atoms with E-state index in [1.165, 1.54) is 6.92 Å². The number of ketones is 1. The van der Waals surface area contributed by atoms with Crippen molar-refractivity contribution in [1.29, 1.82) is 0 Å². The van der Waals surface area contributed by atoms with Crippen molar-refractivity contribution in [2.75, 3.05) is 0 Å². The minimum atomic E-state index is -1.01. The van der Waals surface area contributed by atoms with Gasteiger partial charge in [0.2, 0.25) is 0 Å². The first-order valence-electron chi connectivity index (χ1n) is 11.2. The highest BCUT2D eigenvalue weighted by Crippen LogP contribution is 2.67. The lowest BCUT2D eigenvalue weighted by molar-refractivity contribution is -0.217. The third kappa shape index (κ3) is 2.72. The Morgan fingerprint density at radius 2 is 1.79 bits per heavy atom. The van der Waals surface area contributed by atoms with E-state index < -0.39 is 24.3 Å². The van der Waals surface area contributed by atoms with Crippen LogP contribution in [-0.4, -0.2) is 40.3 Å². The predicted octanol–water partition coefficient (Wildman–Crippen LogP) is 3.11. The molecule has 4 aliphatic rings. The van der Waals surface area contributed by atoms with Gasteiger partial charge in [0.25, 0.3) is 0 Å². The van der Waals surface area contributed by atoms with E-state index in [-0.39, 0.29) is 22.7 Å². The molecular weight excluding hydrogens is 356 g/mol. The summed E-state index contributed by atoms with van der Waals surface area (Å²) in [7, 11) is 0. The Labute approximate surface area is 168 Å². The second kappa shape index (κ2) is 6.80. The van der Waals surface area contributed by atoms with E-state index in [4.69, 9.17) is 4.74 Å². The van der Waals surface area contributed by atoms with Crippen LogP contribution in [0.5, 0.6) is 0 Å². The number of carbonyl (C=O) groups is 2. The van der Waals surface area contributed by atoms with Gasteiger partial charge in [0.05, 0.1) is 6.10 Å². The van der Waals surface area contributed by atoms with Gasteiger partial charge >= 0.3 is 5.97 Å². The lowest BCUT2D eigenvalue weighted by atomic mass is 9.44. The quantitative estimate of drug-likeness (QED) is 0.706. The fourth-order valence-electron chi connectivity index (χ4n) is 8.27. The molecule has 5 nitrogen and oxygen atoms in total. The Morgan fingerprint density at radius 3 is 2.43 bits per heavy atom. The van der Waals surface area contributed by atoms with Crippen LogP contribution < -0.4 is 0 Å². The van der Waals surface area contributed by atoms with E-state index in [1.807, 2.05) is 0 Å². The van der Waals surface area contributed by atoms with Crippen molar-refractivity contribution >= 4 is 11.8 Å². The van der Waals surface area contributed by atoms with Crippen molar-refractivity contribution in [2.45, 2.75) is 91.0 Å². The Balaban J connectivity index is 1.65. The van der Waals surface area contributed by atoms with E-state index in [0.717, 1.165) is 32.1 Å². The number of carbonyl (C=O) groups excluding carboxylic acids is 2. The fourth-order valence-corrected chi connectivity index (χ4v) is 8.27. The van der Waals surface area contributed by atoms with E-state index in [0.29, 0.717) is 36.4 Å². The minimum absolute atomic E-state index is 0.0268. The second-order valence-electron chi connectivity index (χ2n) is 10.6. The molecule has 0 radical (unpaired) electrons. The molecule has 0 aromatic heterocycles. The Kier molecular flexibility index (Phi) is 4.94. The number of aliphatic hydroxyl groups is 2. The summed E-state index contributed by atoms with van der Waals surface area (Å²) in [6.45, 7) is 8.07. The van der Waals surface area contributed by atoms with Gasteiger partial charge in [-0.15, -0.1) is 0 Å². The Bertz CT molecular complexity index is 661. The van der Waals surface area contributed by atoms with Crippen molar-refractivity contribution in [3.8, 4) is 0 Å². The van der Waals surface area contributed by atoms with Gasteiger partial charge in [-0.2, -0.15) is 0 Å². The lowest BCUT2D eigenvalue weighted by Crippen LogP contribution is -2.62. The van der Waals surface area contributed by atoms with Crippen LogP contribution in [0.4, 0.5) is 0 Å². The van der Waals surface area contributed by atoms with Gasteiger partial charge < -0.3 is 14.9 Å². The molecule has 5 heteroatoms. The number of ether oxygens (including phenoxy) is 1. The summed E-state index contributed by atoms with van der Waals surface area (Å²) >= 11 is 0. The molecule has 0 heterocycles. The van der Waals surface area contributed by atoms with Crippen molar-refractivity contribution in [3.05, 3.63) is 0 Å². The lowest BCUT2D eigenvalue weighted by Gasteiger charge is -2.62. The van der Waals surface area contributed by atoms with Crippen LogP contribution in [0.3, 0.4) is 0 Å². The molecule has 158 valence electrons. The summed E-state index contributed by atoms with van der Waals surface area (Å²) in [6, 6.07) is 0. The van der Waals surface area contributed by atoms with E-state index in [2.05, 4.69) is 20.8 Å². The normalized spacial score (nSPS) is 53.1. The van der Waals surface area contributed by atoms with Crippen molar-refractivity contribution in [1.82, 2.24) is 0 Å². The van der Waals surface area contributed by atoms with Gasteiger partial charge in [-0.3, -0.25) is 9.59 Å². The highest BCUT2D eigenvalue weighted by atomic mass is 16.6. The summed E-state index contributed by atoms with van der Waals surface area (Å²) < 4.78 is 5.42. The van der Waals surface area contributed by atoms with Crippen LogP contribution in [0.15, 0.2) is 0 Å². The van der Waals surface area contributed by atoms with Crippen molar-refractivity contribution < 1.29 is 24.5 Å². The van der Waals surface area contributed by atoms with Crippen LogP contribution in [-0.2, 0) is 14.3 Å². The van der Waals surface area contributed by atoms with Crippen molar-refractivity contribution in [2.24, 2.45) is 40.4 Å². The maximum absolute atomic E-state index is 12.8. The first kappa shape index (κ1) is 20.3. The average Bonchev–Trinajstić information content (AvgIpc) is 2.88. The van der Waals surface area contributed by atoms with Gasteiger partial charge in [-0.25, -0.2) is 0 Å². The third-order valence-corrected chi connectivity index (χ3v) is 9.50. The van der Waals surface area contributed by atoms with Crippen LogP contribution in [0.1, 0.15) is 72.6 Å². The van der Waals surface area contributed by atoms with Crippen LogP contribution in [0.25, 0.3) is 0 Å². The molecular formula is C23H36O5. The first-order valence-corrected chi connectivity index (χ1v) is 11.2. The second-order valence-corrected chi connectivity index (χ2v) is 10.6. The SMILES string of the molecule is CC[C@H]1C(=O)C[C@H]2[C@@H]3CC[C@H]4[C@@H](O)[C@@H](O)[C@@H](OC(C)=O)C[C@]4(C)[C@H]3CC[C@]12C. The van der Waals surface area contributed by atoms with Gasteiger partial charge in [-0.05, 0) is 73.0 Å². The minimum Gasteiger partial charge on any atom is -0.460 e. The Morgan fingerprint density at radius 1 is 1.07 bits per heavy atom. The summed E-state index contributed by atoms with van der Waals surface area (Å²) in [4.78, 5) is 24.3. The monoisotopic (exact) mass is 392 g/mol. The molecule has 4 rings (SSSR count). The van der Waals surface area contributed by atoms with E-state index in [1.54, 1.807) is 0 Å². The fraction of sp³-hybridized carbons (Fsp3) is 0.913. The van der Waals surface area contributed by atoms with Gasteiger partial charge in [0, 0.05) is 19.3 Å². The zero-order valence-corrected chi connectivity index (χ0v) is 17.7. The number of Topliss-reactive ketones (excluding diaryl/α,β-unsaturated/α-hetero) is 1. The smallest absolute Gasteiger partial charge is 0.302 e. The maximum atomic E-state index is 12.8. The topological polar surface area (TPSA) is 83.8 Å². The largest absolute Gasteiger partial charge is 0.460 e. The first-order chi connectivity index (χ1) is 13.1. The molecule has 10 atom stereocenters. The number of hydrogen-bond acceptors (Lipinski definition) is 5. The average molecular weight is 393 g/mol. The molecule has 28 heavy (non-hydrogen) atoms. The summed E-state index contributed by atoms with van der Waals surface area (Å²) in [5, 5.41) is 21.4.